The van der Waals surface area contributed by atoms with Crippen molar-refractivity contribution in [3.05, 3.63) is 35.4 Å². The van der Waals surface area contributed by atoms with Gasteiger partial charge in [0, 0.05) is 82.7 Å². The molecule has 0 fully saturated rings. The van der Waals surface area contributed by atoms with E-state index < -0.39 is 0 Å². The van der Waals surface area contributed by atoms with Crippen molar-refractivity contribution in [1.82, 2.24) is 9.80 Å². The van der Waals surface area contributed by atoms with Crippen molar-refractivity contribution < 1.29 is 10.2 Å². The fourth-order valence-electron chi connectivity index (χ4n) is 4.03. The number of hydrogen-bond donors (Lipinski definition) is 2. The maximum atomic E-state index is 11.0. The first kappa shape index (κ1) is 27.6. The van der Waals surface area contributed by atoms with Crippen LogP contribution in [0.15, 0.2) is 24.3 Å². The number of aromatic hydroxyl groups is 2. The SMILES string of the molecule is C[C@@H](Cl)CN(Cc1ccc2c(O)c(CN(C[C@@H](C)Cl)C[C@@H](C)Cl)ccc2c1O)C[C@@H](C)Cl. The van der Waals surface area contributed by atoms with Gasteiger partial charge in [-0.25, -0.2) is 0 Å². The molecule has 4 nitrogen and oxygen atoms in total. The Labute approximate surface area is 212 Å². The molecule has 0 aliphatic rings. The molecule has 180 valence electrons. The molecule has 0 unspecified atom stereocenters. The minimum atomic E-state index is -0.0334. The van der Waals surface area contributed by atoms with Crippen molar-refractivity contribution >= 4 is 57.2 Å². The number of fused-ring (bicyclic) bond motifs is 1. The number of phenols is 2. The monoisotopic (exact) mass is 522 g/mol. The molecule has 2 rings (SSSR count). The van der Waals surface area contributed by atoms with E-state index in [-0.39, 0.29) is 33.0 Å². The first-order valence-corrected chi connectivity index (χ1v) is 12.7. The second-order valence-electron chi connectivity index (χ2n) is 8.75. The third-order valence-electron chi connectivity index (χ3n) is 5.14. The Hall–Kier alpha value is -0.620. The van der Waals surface area contributed by atoms with Crippen LogP contribution in [0, 0.1) is 0 Å². The molecule has 32 heavy (non-hydrogen) atoms. The molecular weight excluding hydrogens is 490 g/mol. The lowest BCUT2D eigenvalue weighted by Crippen LogP contribution is -2.33. The van der Waals surface area contributed by atoms with Crippen LogP contribution in [-0.4, -0.2) is 67.7 Å². The largest absolute Gasteiger partial charge is 0.507 e. The van der Waals surface area contributed by atoms with E-state index in [4.69, 9.17) is 46.4 Å². The molecule has 0 saturated carbocycles. The van der Waals surface area contributed by atoms with E-state index in [0.29, 0.717) is 50.0 Å². The predicted octanol–water partition coefficient (Wildman–Crippen LogP) is 6.36. The van der Waals surface area contributed by atoms with Gasteiger partial charge >= 0.3 is 0 Å². The fraction of sp³-hybridized carbons (Fsp3) is 0.583. The lowest BCUT2D eigenvalue weighted by molar-refractivity contribution is 0.266. The topological polar surface area (TPSA) is 46.9 Å². The van der Waals surface area contributed by atoms with E-state index in [1.54, 1.807) is 0 Å². The highest BCUT2D eigenvalue weighted by atomic mass is 35.5. The molecule has 8 heteroatoms. The van der Waals surface area contributed by atoms with Gasteiger partial charge in [-0.1, -0.05) is 24.3 Å². The Morgan fingerprint density at radius 2 is 0.875 bits per heavy atom. The smallest absolute Gasteiger partial charge is 0.128 e. The van der Waals surface area contributed by atoms with E-state index in [1.165, 1.54) is 0 Å². The predicted molar refractivity (Wildman–Crippen MR) is 139 cm³/mol. The van der Waals surface area contributed by atoms with Gasteiger partial charge in [0.1, 0.15) is 11.5 Å². The lowest BCUT2D eigenvalue weighted by Gasteiger charge is -2.26. The van der Waals surface area contributed by atoms with Gasteiger partial charge < -0.3 is 10.2 Å². The first-order chi connectivity index (χ1) is 15.0. The van der Waals surface area contributed by atoms with Gasteiger partial charge in [-0.05, 0) is 27.7 Å². The summed E-state index contributed by atoms with van der Waals surface area (Å²) < 4.78 is 0. The lowest BCUT2D eigenvalue weighted by atomic mass is 10.0. The number of hydrogen-bond acceptors (Lipinski definition) is 4. The van der Waals surface area contributed by atoms with E-state index in [9.17, 15) is 10.2 Å². The van der Waals surface area contributed by atoms with E-state index in [0.717, 1.165) is 11.1 Å². The number of alkyl halides is 4. The van der Waals surface area contributed by atoms with Gasteiger partial charge in [-0.3, -0.25) is 9.80 Å². The molecular formula is C24H34Cl4N2O2. The van der Waals surface area contributed by atoms with Crippen LogP contribution in [0.3, 0.4) is 0 Å². The summed E-state index contributed by atoms with van der Waals surface area (Å²) in [6, 6.07) is 7.42. The van der Waals surface area contributed by atoms with Gasteiger partial charge in [-0.15, -0.1) is 46.4 Å². The Kier molecular flexibility index (Phi) is 11.0. The van der Waals surface area contributed by atoms with Crippen LogP contribution in [0.1, 0.15) is 38.8 Å². The Morgan fingerprint density at radius 1 is 0.594 bits per heavy atom. The second kappa shape index (κ2) is 12.7. The third-order valence-corrected chi connectivity index (χ3v) is 5.69. The Balaban J connectivity index is 2.32. The number of phenolic OH excluding ortho intramolecular Hbond substituents is 2. The van der Waals surface area contributed by atoms with Crippen molar-refractivity contribution in [2.45, 2.75) is 62.3 Å². The minimum absolute atomic E-state index is 0.0334. The van der Waals surface area contributed by atoms with Crippen molar-refractivity contribution in [3.8, 4) is 11.5 Å². The highest BCUT2D eigenvalue weighted by Crippen LogP contribution is 2.37. The molecule has 0 aromatic heterocycles. The van der Waals surface area contributed by atoms with Crippen LogP contribution >= 0.6 is 46.4 Å². The summed E-state index contributed by atoms with van der Waals surface area (Å²) in [4.78, 5) is 4.26. The van der Waals surface area contributed by atoms with Gasteiger partial charge in [0.05, 0.1) is 0 Å². The summed E-state index contributed by atoms with van der Waals surface area (Å²) >= 11 is 24.8. The zero-order valence-electron chi connectivity index (χ0n) is 19.2. The Bertz CT molecular complexity index is 783. The third kappa shape index (κ3) is 8.30. The molecule has 0 saturated heterocycles. The van der Waals surface area contributed by atoms with Crippen LogP contribution in [0.5, 0.6) is 11.5 Å². The van der Waals surface area contributed by atoms with Gasteiger partial charge in [0.2, 0.25) is 0 Å². The number of benzene rings is 2. The summed E-state index contributed by atoms with van der Waals surface area (Å²) in [6.45, 7) is 11.4. The summed E-state index contributed by atoms with van der Waals surface area (Å²) in [5, 5.41) is 23.0. The average Bonchev–Trinajstić information content (AvgIpc) is 2.64. The van der Waals surface area contributed by atoms with Gasteiger partial charge in [0.25, 0.3) is 0 Å². The van der Waals surface area contributed by atoms with Crippen LogP contribution in [0.4, 0.5) is 0 Å². The van der Waals surface area contributed by atoms with Crippen LogP contribution in [0.2, 0.25) is 0 Å². The quantitative estimate of drug-likeness (QED) is 0.317. The highest BCUT2D eigenvalue weighted by Gasteiger charge is 2.19. The van der Waals surface area contributed by atoms with Gasteiger partial charge in [-0.2, -0.15) is 0 Å². The zero-order chi connectivity index (χ0) is 24.0. The molecule has 4 atom stereocenters. The second-order valence-corrected chi connectivity index (χ2v) is 11.7. The van der Waals surface area contributed by atoms with E-state index >= 15 is 0 Å². The van der Waals surface area contributed by atoms with Crippen LogP contribution in [0.25, 0.3) is 10.8 Å². The van der Waals surface area contributed by atoms with Crippen LogP contribution < -0.4 is 0 Å². The fourth-order valence-corrected chi connectivity index (χ4v) is 4.81. The van der Waals surface area contributed by atoms with Gasteiger partial charge in [0.15, 0.2) is 0 Å². The van der Waals surface area contributed by atoms with Crippen molar-refractivity contribution in [1.29, 1.82) is 0 Å². The molecule has 0 bridgehead atoms. The molecule has 2 aromatic carbocycles. The standard InChI is InChI=1S/C24H34Cl4N2O2/c1-15(25)9-29(10-16(2)26)13-19-5-7-22-21(23(19)31)8-6-20(24(22)32)14-30(11-17(3)27)12-18(4)28/h5-8,15-18,31-32H,9-14H2,1-4H3/t15-,16-,17-,18-/m1/s1. The van der Waals surface area contributed by atoms with Crippen molar-refractivity contribution in [2.24, 2.45) is 0 Å². The van der Waals surface area contributed by atoms with E-state index in [2.05, 4.69) is 9.80 Å². The first-order valence-electron chi connectivity index (χ1n) is 10.9. The molecule has 0 amide bonds. The summed E-state index contributed by atoms with van der Waals surface area (Å²) in [5.74, 6) is 0.332. The number of rotatable bonds is 12. The summed E-state index contributed by atoms with van der Waals surface area (Å²) in [5.41, 5.74) is 1.54. The highest BCUT2D eigenvalue weighted by molar-refractivity contribution is 6.21. The maximum absolute atomic E-state index is 11.0. The van der Waals surface area contributed by atoms with Crippen molar-refractivity contribution in [3.63, 3.8) is 0 Å². The molecule has 2 N–H and O–H groups in total. The van der Waals surface area contributed by atoms with E-state index in [1.807, 2.05) is 52.0 Å². The molecule has 0 spiro atoms. The normalized spacial score (nSPS) is 15.9. The Morgan fingerprint density at radius 3 is 1.12 bits per heavy atom. The number of nitrogens with zero attached hydrogens (tertiary/aromatic N) is 2. The maximum Gasteiger partial charge on any atom is 0.128 e. The minimum Gasteiger partial charge on any atom is -0.507 e. The zero-order valence-corrected chi connectivity index (χ0v) is 22.2. The molecule has 0 radical (unpaired) electrons. The van der Waals surface area contributed by atoms with Crippen molar-refractivity contribution in [2.75, 3.05) is 26.2 Å². The molecule has 0 aliphatic carbocycles. The summed E-state index contributed by atoms with van der Waals surface area (Å²) in [6.07, 6.45) is 0. The molecule has 0 aliphatic heterocycles. The average molecular weight is 524 g/mol. The van der Waals surface area contributed by atoms with Crippen LogP contribution in [-0.2, 0) is 13.1 Å². The molecule has 0 heterocycles. The number of halogens is 4. The molecule has 2 aromatic rings. The summed E-state index contributed by atoms with van der Waals surface area (Å²) in [7, 11) is 0.